The van der Waals surface area contributed by atoms with E-state index in [2.05, 4.69) is 27.6 Å². The quantitative estimate of drug-likeness (QED) is 0.347. The number of aromatic nitrogens is 2. The second-order valence-electron chi connectivity index (χ2n) is 7.15. The van der Waals surface area contributed by atoms with Crippen LogP contribution in [0.4, 0.5) is 15.2 Å². The van der Waals surface area contributed by atoms with Crippen LogP contribution in [-0.2, 0) is 0 Å². The van der Waals surface area contributed by atoms with Crippen molar-refractivity contribution < 1.29 is 9.18 Å². The van der Waals surface area contributed by atoms with E-state index >= 15 is 0 Å². The summed E-state index contributed by atoms with van der Waals surface area (Å²) in [6, 6.07) is 14.5. The number of carbonyl (C=O) groups is 1. The second-order valence-corrected chi connectivity index (χ2v) is 9.35. The van der Waals surface area contributed by atoms with Gasteiger partial charge in [-0.15, -0.1) is 10.2 Å². The van der Waals surface area contributed by atoms with Gasteiger partial charge in [0.1, 0.15) is 5.82 Å². The van der Waals surface area contributed by atoms with Gasteiger partial charge in [-0.05, 0) is 36.5 Å². The number of rotatable bonds is 7. The average molecular weight is 428 g/mol. The summed E-state index contributed by atoms with van der Waals surface area (Å²) in [4.78, 5) is 12.5. The Kier molecular flexibility index (Phi) is 6.56. The molecule has 1 aliphatic rings. The molecule has 29 heavy (non-hydrogen) atoms. The minimum absolute atomic E-state index is 0.0732. The maximum absolute atomic E-state index is 13.7. The van der Waals surface area contributed by atoms with Gasteiger partial charge >= 0.3 is 0 Å². The lowest BCUT2D eigenvalue weighted by Crippen LogP contribution is -2.06. The molecule has 0 unspecified atom stereocenters. The Labute approximate surface area is 178 Å². The third-order valence-corrected chi connectivity index (χ3v) is 7.13. The number of carbonyl (C=O) groups excluding carboxylic acids is 1. The molecule has 0 radical (unpaired) electrons. The average Bonchev–Trinajstić information content (AvgIpc) is 3.22. The predicted octanol–water partition coefficient (Wildman–Crippen LogP) is 6.44. The molecule has 0 atom stereocenters. The van der Waals surface area contributed by atoms with Crippen LogP contribution >= 0.6 is 23.1 Å². The maximum atomic E-state index is 13.7. The van der Waals surface area contributed by atoms with E-state index in [1.165, 1.54) is 66.8 Å². The van der Waals surface area contributed by atoms with Crippen molar-refractivity contribution in [1.29, 1.82) is 0 Å². The topological polar surface area (TPSA) is 54.9 Å². The molecule has 0 spiro atoms. The fraction of sp³-hybridized carbons (Fsp3) is 0.318. The zero-order chi connectivity index (χ0) is 20.1. The molecule has 150 valence electrons. The number of anilines is 2. The number of para-hydroxylation sites is 1. The largest absolute Gasteiger partial charge is 0.328 e. The molecule has 1 aromatic heterocycles. The van der Waals surface area contributed by atoms with Crippen LogP contribution in [0.5, 0.6) is 0 Å². The maximum Gasteiger partial charge on any atom is 0.210 e. The van der Waals surface area contributed by atoms with Gasteiger partial charge in [-0.25, -0.2) is 4.39 Å². The summed E-state index contributed by atoms with van der Waals surface area (Å²) in [5, 5.41) is 11.5. The van der Waals surface area contributed by atoms with E-state index in [9.17, 15) is 9.18 Å². The van der Waals surface area contributed by atoms with E-state index in [1.54, 1.807) is 18.2 Å². The first kappa shape index (κ1) is 20.0. The standard InChI is InChI=1S/C22H22FN3OS2/c23-18-8-4-5-9-19(18)24-21-25-26-22(29-21)28-14-20(27)17-12-10-16(11-13-17)15-6-2-1-3-7-15/h4-5,8-13,15H,1-3,6-7,14H2,(H,24,25). The molecule has 1 heterocycles. The number of nitrogens with zero attached hydrogens (tertiary/aromatic N) is 2. The minimum atomic E-state index is -0.344. The monoisotopic (exact) mass is 427 g/mol. The van der Waals surface area contributed by atoms with E-state index in [1.807, 2.05) is 12.1 Å². The van der Waals surface area contributed by atoms with Crippen molar-refractivity contribution >= 4 is 39.7 Å². The molecule has 2 aromatic carbocycles. The Balaban J connectivity index is 1.31. The second kappa shape index (κ2) is 9.50. The summed E-state index contributed by atoms with van der Waals surface area (Å²) in [5.74, 6) is 0.675. The summed E-state index contributed by atoms with van der Waals surface area (Å²) in [7, 11) is 0. The lowest BCUT2D eigenvalue weighted by molar-refractivity contribution is 0.102. The van der Waals surface area contributed by atoms with E-state index in [-0.39, 0.29) is 11.6 Å². The highest BCUT2D eigenvalue weighted by molar-refractivity contribution is 8.01. The van der Waals surface area contributed by atoms with Gasteiger partial charge in [0, 0.05) is 5.56 Å². The van der Waals surface area contributed by atoms with Crippen molar-refractivity contribution in [3.63, 3.8) is 0 Å². The van der Waals surface area contributed by atoms with E-state index in [0.29, 0.717) is 26.8 Å². The number of halogens is 1. The number of ketones is 1. The van der Waals surface area contributed by atoms with Gasteiger partial charge in [-0.3, -0.25) is 4.79 Å². The van der Waals surface area contributed by atoms with Gasteiger partial charge in [0.25, 0.3) is 0 Å². The lowest BCUT2D eigenvalue weighted by atomic mass is 9.84. The highest BCUT2D eigenvalue weighted by atomic mass is 32.2. The molecule has 3 aromatic rings. The van der Waals surface area contributed by atoms with Gasteiger partial charge in [-0.2, -0.15) is 0 Å². The SMILES string of the molecule is O=C(CSc1nnc(Nc2ccccc2F)s1)c1ccc(C2CCCCC2)cc1. The molecule has 0 saturated heterocycles. The molecular formula is C22H22FN3OS2. The number of hydrogen-bond acceptors (Lipinski definition) is 6. The van der Waals surface area contributed by atoms with Crippen LogP contribution in [0, 0.1) is 5.82 Å². The van der Waals surface area contributed by atoms with E-state index in [0.717, 1.165) is 5.56 Å². The highest BCUT2D eigenvalue weighted by Crippen LogP contribution is 2.33. The summed E-state index contributed by atoms with van der Waals surface area (Å²) in [5.41, 5.74) is 2.43. The van der Waals surface area contributed by atoms with Gasteiger partial charge in [0.15, 0.2) is 10.1 Å². The van der Waals surface area contributed by atoms with Crippen molar-refractivity contribution in [2.45, 2.75) is 42.4 Å². The van der Waals surface area contributed by atoms with Crippen LogP contribution < -0.4 is 5.32 Å². The molecule has 1 N–H and O–H groups in total. The number of Topliss-reactive ketones (excluding diaryl/α,β-unsaturated/α-hetero) is 1. The Bertz CT molecular complexity index is 968. The van der Waals surface area contributed by atoms with Crippen molar-refractivity contribution in [2.24, 2.45) is 0 Å². The van der Waals surface area contributed by atoms with Crippen molar-refractivity contribution in [3.05, 3.63) is 65.5 Å². The van der Waals surface area contributed by atoms with Crippen molar-refractivity contribution in [1.82, 2.24) is 10.2 Å². The predicted molar refractivity (Wildman–Crippen MR) is 117 cm³/mol. The molecule has 1 saturated carbocycles. The Morgan fingerprint density at radius 3 is 2.59 bits per heavy atom. The first-order chi connectivity index (χ1) is 14.2. The summed E-state index contributed by atoms with van der Waals surface area (Å²) < 4.78 is 14.4. The smallest absolute Gasteiger partial charge is 0.210 e. The molecular weight excluding hydrogens is 405 g/mol. The molecule has 1 aliphatic carbocycles. The van der Waals surface area contributed by atoms with Crippen molar-refractivity contribution in [2.75, 3.05) is 11.1 Å². The normalized spacial score (nSPS) is 14.7. The lowest BCUT2D eigenvalue weighted by Gasteiger charge is -2.22. The third kappa shape index (κ3) is 5.22. The molecule has 4 nitrogen and oxygen atoms in total. The van der Waals surface area contributed by atoms with Crippen molar-refractivity contribution in [3.8, 4) is 0 Å². The Hall–Kier alpha value is -2.25. The molecule has 0 amide bonds. The molecule has 7 heteroatoms. The van der Waals surface area contributed by atoms with Crippen LogP contribution in [-0.4, -0.2) is 21.7 Å². The minimum Gasteiger partial charge on any atom is -0.328 e. The van der Waals surface area contributed by atoms with Gasteiger partial charge in [0.2, 0.25) is 5.13 Å². The first-order valence-electron chi connectivity index (χ1n) is 9.80. The van der Waals surface area contributed by atoms with Crippen LogP contribution in [0.25, 0.3) is 0 Å². The Morgan fingerprint density at radius 1 is 1.07 bits per heavy atom. The fourth-order valence-corrected chi connectivity index (χ4v) is 5.24. The third-order valence-electron chi connectivity index (χ3n) is 5.16. The number of thioether (sulfide) groups is 1. The zero-order valence-electron chi connectivity index (χ0n) is 15.9. The fourth-order valence-electron chi connectivity index (χ4n) is 3.58. The highest BCUT2D eigenvalue weighted by Gasteiger charge is 2.16. The van der Waals surface area contributed by atoms with Gasteiger partial charge in [-0.1, -0.05) is 78.8 Å². The zero-order valence-corrected chi connectivity index (χ0v) is 17.6. The molecule has 0 bridgehead atoms. The molecule has 4 rings (SSSR count). The van der Waals surface area contributed by atoms with E-state index < -0.39 is 0 Å². The summed E-state index contributed by atoms with van der Waals surface area (Å²) in [6.07, 6.45) is 6.45. The van der Waals surface area contributed by atoms with Crippen LogP contribution in [0.1, 0.15) is 53.9 Å². The molecule has 1 fully saturated rings. The Morgan fingerprint density at radius 2 is 1.83 bits per heavy atom. The number of benzene rings is 2. The molecule has 0 aliphatic heterocycles. The number of hydrogen-bond donors (Lipinski definition) is 1. The summed E-state index contributed by atoms with van der Waals surface area (Å²) >= 11 is 2.66. The van der Waals surface area contributed by atoms with Gasteiger partial charge < -0.3 is 5.32 Å². The number of nitrogens with one attached hydrogen (secondary N) is 1. The van der Waals surface area contributed by atoms with Gasteiger partial charge in [0.05, 0.1) is 11.4 Å². The first-order valence-corrected chi connectivity index (χ1v) is 11.6. The van der Waals surface area contributed by atoms with Crippen LogP contribution in [0.2, 0.25) is 0 Å². The summed E-state index contributed by atoms with van der Waals surface area (Å²) in [6.45, 7) is 0. The van der Waals surface area contributed by atoms with E-state index in [4.69, 9.17) is 0 Å². The van der Waals surface area contributed by atoms with Crippen LogP contribution in [0.3, 0.4) is 0 Å². The van der Waals surface area contributed by atoms with Crippen LogP contribution in [0.15, 0.2) is 52.9 Å².